The van der Waals surface area contributed by atoms with E-state index < -0.39 is 11.9 Å². The van der Waals surface area contributed by atoms with Crippen molar-refractivity contribution in [3.8, 4) is 16.9 Å². The summed E-state index contributed by atoms with van der Waals surface area (Å²) < 4.78 is 5.19. The molecular formula is C14H11NO5. The Bertz CT molecular complexity index is 649. The number of carboxylic acid groups (broad SMARTS) is 2. The van der Waals surface area contributed by atoms with Crippen molar-refractivity contribution in [3.05, 3.63) is 47.8 Å². The second-order valence-corrected chi connectivity index (χ2v) is 3.94. The van der Waals surface area contributed by atoms with E-state index in [2.05, 4.69) is 4.98 Å². The van der Waals surface area contributed by atoms with E-state index in [9.17, 15) is 9.59 Å². The summed E-state index contributed by atoms with van der Waals surface area (Å²) in [5.74, 6) is -2.06. The van der Waals surface area contributed by atoms with Gasteiger partial charge in [-0.1, -0.05) is 18.2 Å². The van der Waals surface area contributed by atoms with Crippen molar-refractivity contribution < 1.29 is 24.5 Å². The number of aromatic nitrogens is 1. The minimum Gasteiger partial charge on any atom is -0.496 e. The molecular weight excluding hydrogens is 262 g/mol. The van der Waals surface area contributed by atoms with Gasteiger partial charge < -0.3 is 14.9 Å². The van der Waals surface area contributed by atoms with Crippen LogP contribution in [0.5, 0.6) is 5.75 Å². The van der Waals surface area contributed by atoms with E-state index in [4.69, 9.17) is 14.9 Å². The van der Waals surface area contributed by atoms with Gasteiger partial charge in [0, 0.05) is 5.56 Å². The second kappa shape index (κ2) is 5.40. The molecule has 2 rings (SSSR count). The molecule has 20 heavy (non-hydrogen) atoms. The topological polar surface area (TPSA) is 96.7 Å². The number of methoxy groups -OCH3 is 1. The third-order valence-corrected chi connectivity index (χ3v) is 2.68. The lowest BCUT2D eigenvalue weighted by molar-refractivity contribution is 0.0685. The van der Waals surface area contributed by atoms with E-state index in [1.807, 2.05) is 0 Å². The van der Waals surface area contributed by atoms with Crippen molar-refractivity contribution in [1.29, 1.82) is 0 Å². The van der Waals surface area contributed by atoms with Crippen LogP contribution in [0.25, 0.3) is 11.1 Å². The summed E-state index contributed by atoms with van der Waals surface area (Å²) in [5, 5.41) is 18.0. The van der Waals surface area contributed by atoms with Crippen LogP contribution in [-0.2, 0) is 0 Å². The first kappa shape index (κ1) is 13.5. The first-order valence-corrected chi connectivity index (χ1v) is 5.65. The van der Waals surface area contributed by atoms with Gasteiger partial charge in [-0.05, 0) is 23.8 Å². The third kappa shape index (κ3) is 2.59. The molecule has 0 unspecified atom stereocenters. The molecule has 0 saturated heterocycles. The Hall–Kier alpha value is -2.89. The Kier molecular flexibility index (Phi) is 3.65. The zero-order valence-corrected chi connectivity index (χ0v) is 10.5. The number of carbonyl (C=O) groups is 2. The first-order chi connectivity index (χ1) is 9.52. The predicted octanol–water partition coefficient (Wildman–Crippen LogP) is 2.15. The summed E-state index contributed by atoms with van der Waals surface area (Å²) in [7, 11) is 1.48. The molecule has 102 valence electrons. The lowest BCUT2D eigenvalue weighted by Gasteiger charge is -2.09. The van der Waals surface area contributed by atoms with Gasteiger partial charge in [-0.15, -0.1) is 0 Å². The molecule has 0 spiro atoms. The molecule has 0 fully saturated rings. The number of benzene rings is 1. The van der Waals surface area contributed by atoms with Crippen LogP contribution in [0.2, 0.25) is 0 Å². The van der Waals surface area contributed by atoms with E-state index in [0.29, 0.717) is 16.9 Å². The third-order valence-electron chi connectivity index (χ3n) is 2.68. The highest BCUT2D eigenvalue weighted by Gasteiger charge is 2.15. The lowest BCUT2D eigenvalue weighted by Crippen LogP contribution is -2.08. The molecule has 0 aliphatic heterocycles. The fourth-order valence-electron chi connectivity index (χ4n) is 1.79. The maximum absolute atomic E-state index is 11.0. The van der Waals surface area contributed by atoms with Crippen molar-refractivity contribution in [3.63, 3.8) is 0 Å². The van der Waals surface area contributed by atoms with Gasteiger partial charge in [0.05, 0.1) is 7.11 Å². The van der Waals surface area contributed by atoms with Crippen molar-refractivity contribution >= 4 is 11.9 Å². The SMILES string of the molecule is COc1ccccc1-c1cc(C(=O)O)nc(C(=O)O)c1. The van der Waals surface area contributed by atoms with Crippen LogP contribution in [0.1, 0.15) is 21.0 Å². The standard InChI is InChI=1S/C14H11NO5/c1-20-12-5-3-2-4-9(12)8-6-10(13(16)17)15-11(7-8)14(18)19/h2-7H,1H3,(H,16,17)(H,18,19). The van der Waals surface area contributed by atoms with Gasteiger partial charge in [0.15, 0.2) is 0 Å². The fourth-order valence-corrected chi connectivity index (χ4v) is 1.79. The van der Waals surface area contributed by atoms with E-state index in [1.54, 1.807) is 24.3 Å². The van der Waals surface area contributed by atoms with E-state index >= 15 is 0 Å². The van der Waals surface area contributed by atoms with Crippen LogP contribution >= 0.6 is 0 Å². The van der Waals surface area contributed by atoms with E-state index in [0.717, 1.165) is 0 Å². The van der Waals surface area contributed by atoms with Crippen LogP contribution in [0, 0.1) is 0 Å². The number of para-hydroxylation sites is 1. The molecule has 6 heteroatoms. The summed E-state index contributed by atoms with van der Waals surface area (Å²) in [6, 6.07) is 9.56. The molecule has 0 atom stereocenters. The van der Waals surface area contributed by atoms with Crippen molar-refractivity contribution in [2.75, 3.05) is 7.11 Å². The number of ether oxygens (including phenoxy) is 1. The Morgan fingerprint density at radius 3 is 2.10 bits per heavy atom. The number of carboxylic acids is 2. The van der Waals surface area contributed by atoms with Crippen molar-refractivity contribution in [2.24, 2.45) is 0 Å². The maximum atomic E-state index is 11.0. The average molecular weight is 273 g/mol. The molecule has 1 heterocycles. The zero-order valence-electron chi connectivity index (χ0n) is 10.5. The normalized spacial score (nSPS) is 10.1. The molecule has 0 radical (unpaired) electrons. The molecule has 0 amide bonds. The molecule has 1 aromatic carbocycles. The van der Waals surface area contributed by atoms with Crippen molar-refractivity contribution in [2.45, 2.75) is 0 Å². The van der Waals surface area contributed by atoms with Crippen LogP contribution in [0.4, 0.5) is 0 Å². The number of pyridine rings is 1. The Balaban J connectivity index is 2.67. The van der Waals surface area contributed by atoms with Crippen LogP contribution in [0.15, 0.2) is 36.4 Å². The monoisotopic (exact) mass is 273 g/mol. The summed E-state index contributed by atoms with van der Waals surface area (Å²) in [5.41, 5.74) is 0.367. The molecule has 2 aromatic rings. The van der Waals surface area contributed by atoms with Gasteiger partial charge in [-0.2, -0.15) is 0 Å². The average Bonchev–Trinajstić information content (AvgIpc) is 2.46. The van der Waals surface area contributed by atoms with Crippen LogP contribution in [-0.4, -0.2) is 34.2 Å². The Morgan fingerprint density at radius 2 is 1.60 bits per heavy atom. The number of nitrogens with zero attached hydrogens (tertiary/aromatic N) is 1. The van der Waals surface area contributed by atoms with Gasteiger partial charge in [-0.25, -0.2) is 14.6 Å². The predicted molar refractivity (Wildman–Crippen MR) is 70.1 cm³/mol. The number of hydrogen-bond donors (Lipinski definition) is 2. The van der Waals surface area contributed by atoms with Gasteiger partial charge in [0.2, 0.25) is 0 Å². The van der Waals surface area contributed by atoms with E-state index in [-0.39, 0.29) is 11.4 Å². The lowest BCUT2D eigenvalue weighted by atomic mass is 10.0. The smallest absolute Gasteiger partial charge is 0.354 e. The molecule has 1 aromatic heterocycles. The molecule has 0 aliphatic carbocycles. The Morgan fingerprint density at radius 1 is 1.05 bits per heavy atom. The number of aromatic carboxylic acids is 2. The van der Waals surface area contributed by atoms with E-state index in [1.165, 1.54) is 19.2 Å². The van der Waals surface area contributed by atoms with Gasteiger partial charge in [-0.3, -0.25) is 0 Å². The minimum absolute atomic E-state index is 0.328. The first-order valence-electron chi connectivity index (χ1n) is 5.65. The van der Waals surface area contributed by atoms with Gasteiger partial charge in [0.25, 0.3) is 0 Å². The van der Waals surface area contributed by atoms with Gasteiger partial charge >= 0.3 is 11.9 Å². The maximum Gasteiger partial charge on any atom is 0.354 e. The fraction of sp³-hybridized carbons (Fsp3) is 0.0714. The molecule has 0 aliphatic rings. The summed E-state index contributed by atoms with van der Waals surface area (Å²) in [4.78, 5) is 25.6. The second-order valence-electron chi connectivity index (χ2n) is 3.94. The molecule has 6 nitrogen and oxygen atoms in total. The summed E-state index contributed by atoms with van der Waals surface area (Å²) in [6.45, 7) is 0. The summed E-state index contributed by atoms with van der Waals surface area (Å²) in [6.07, 6.45) is 0. The minimum atomic E-state index is -1.29. The highest BCUT2D eigenvalue weighted by Crippen LogP contribution is 2.30. The van der Waals surface area contributed by atoms with Crippen LogP contribution < -0.4 is 4.74 Å². The van der Waals surface area contributed by atoms with Crippen molar-refractivity contribution in [1.82, 2.24) is 4.98 Å². The highest BCUT2D eigenvalue weighted by atomic mass is 16.5. The van der Waals surface area contributed by atoms with Gasteiger partial charge in [0.1, 0.15) is 17.1 Å². The summed E-state index contributed by atoms with van der Waals surface area (Å²) >= 11 is 0. The highest BCUT2D eigenvalue weighted by molar-refractivity contribution is 5.92. The largest absolute Gasteiger partial charge is 0.496 e. The molecule has 0 saturated carbocycles. The zero-order chi connectivity index (χ0) is 14.7. The quantitative estimate of drug-likeness (QED) is 0.886. The molecule has 0 bridgehead atoms. The Labute approximate surface area is 114 Å². The number of hydrogen-bond acceptors (Lipinski definition) is 4. The number of rotatable bonds is 4. The molecule has 2 N–H and O–H groups in total. The van der Waals surface area contributed by atoms with Crippen LogP contribution in [0.3, 0.4) is 0 Å².